The van der Waals surface area contributed by atoms with E-state index >= 15 is 0 Å². The van der Waals surface area contributed by atoms with Gasteiger partial charge in [0.05, 0.1) is 0 Å². The molecule has 0 atom stereocenters. The molecule has 0 unspecified atom stereocenters. The molecule has 1 fully saturated rings. The highest BCUT2D eigenvalue weighted by Crippen LogP contribution is 2.27. The van der Waals surface area contributed by atoms with Gasteiger partial charge in [0.2, 0.25) is 5.91 Å². The second-order valence-corrected chi connectivity index (χ2v) is 7.77. The molecule has 2 amide bonds. The number of benzene rings is 3. The van der Waals surface area contributed by atoms with Crippen LogP contribution < -0.4 is 10.2 Å². The zero-order chi connectivity index (χ0) is 21.1. The Morgan fingerprint density at radius 3 is 2.27 bits per heavy atom. The van der Waals surface area contributed by atoms with Crippen LogP contribution in [0.5, 0.6) is 0 Å². The lowest BCUT2D eigenvalue weighted by molar-refractivity contribution is -0.131. The number of halogens is 1. The van der Waals surface area contributed by atoms with E-state index in [4.69, 9.17) is 11.6 Å². The Kier molecular flexibility index (Phi) is 5.91. The summed E-state index contributed by atoms with van der Waals surface area (Å²) >= 11 is 6.26. The van der Waals surface area contributed by atoms with Crippen LogP contribution in [0.15, 0.2) is 60.7 Å². The third-order valence-electron chi connectivity index (χ3n) is 5.54. The lowest BCUT2D eigenvalue weighted by Crippen LogP contribution is -2.48. The number of anilines is 2. The third kappa shape index (κ3) is 4.12. The van der Waals surface area contributed by atoms with Crippen molar-refractivity contribution in [2.45, 2.75) is 13.3 Å². The molecule has 0 spiro atoms. The van der Waals surface area contributed by atoms with Gasteiger partial charge in [-0.2, -0.15) is 0 Å². The molecule has 6 heteroatoms. The number of amides is 2. The zero-order valence-electron chi connectivity index (χ0n) is 16.9. The fraction of sp³-hybridized carbons (Fsp3) is 0.250. The van der Waals surface area contributed by atoms with Crippen molar-refractivity contribution in [3.05, 3.63) is 71.2 Å². The van der Waals surface area contributed by atoms with Crippen LogP contribution in [0.1, 0.15) is 23.7 Å². The van der Waals surface area contributed by atoms with Crippen molar-refractivity contribution in [3.8, 4) is 0 Å². The van der Waals surface area contributed by atoms with Crippen molar-refractivity contribution >= 4 is 45.6 Å². The monoisotopic (exact) mass is 421 g/mol. The fourth-order valence-corrected chi connectivity index (χ4v) is 4.10. The van der Waals surface area contributed by atoms with Crippen LogP contribution in [0.4, 0.5) is 11.4 Å². The van der Waals surface area contributed by atoms with Crippen molar-refractivity contribution in [3.63, 3.8) is 0 Å². The first-order chi connectivity index (χ1) is 14.6. The van der Waals surface area contributed by atoms with Crippen molar-refractivity contribution < 1.29 is 9.59 Å². The van der Waals surface area contributed by atoms with Gasteiger partial charge < -0.3 is 15.1 Å². The molecule has 0 aliphatic carbocycles. The molecule has 0 radical (unpaired) electrons. The minimum atomic E-state index is -0.165. The maximum atomic E-state index is 12.9. The maximum absolute atomic E-state index is 12.9. The number of hydrogen-bond donors (Lipinski definition) is 1. The van der Waals surface area contributed by atoms with E-state index in [1.54, 1.807) is 6.07 Å². The minimum absolute atomic E-state index is 0.165. The van der Waals surface area contributed by atoms with Gasteiger partial charge in [-0.3, -0.25) is 9.59 Å². The number of fused-ring (bicyclic) bond motifs is 1. The van der Waals surface area contributed by atoms with E-state index in [1.165, 1.54) is 0 Å². The molecule has 1 heterocycles. The van der Waals surface area contributed by atoms with Crippen LogP contribution in [0, 0.1) is 0 Å². The van der Waals surface area contributed by atoms with Crippen molar-refractivity contribution in [2.75, 3.05) is 36.4 Å². The Hall–Kier alpha value is -3.05. The highest BCUT2D eigenvalue weighted by atomic mass is 35.5. The summed E-state index contributed by atoms with van der Waals surface area (Å²) in [6, 6.07) is 19.0. The Morgan fingerprint density at radius 1 is 0.900 bits per heavy atom. The summed E-state index contributed by atoms with van der Waals surface area (Å²) in [7, 11) is 0. The van der Waals surface area contributed by atoms with Gasteiger partial charge in [0, 0.05) is 59.9 Å². The lowest BCUT2D eigenvalue weighted by Gasteiger charge is -2.36. The Bertz CT molecular complexity index is 1070. The molecule has 0 aromatic heterocycles. The van der Waals surface area contributed by atoms with Gasteiger partial charge in [-0.15, -0.1) is 0 Å². The Morgan fingerprint density at radius 2 is 1.57 bits per heavy atom. The van der Waals surface area contributed by atoms with Gasteiger partial charge in [-0.05, 0) is 41.8 Å². The van der Waals surface area contributed by atoms with Crippen LogP contribution in [0.2, 0.25) is 5.02 Å². The SMILES string of the molecule is CCC(=O)N1CCN(c2ccc(NC(=O)c3cccc4c(Cl)cccc34)cc2)CC1. The van der Waals surface area contributed by atoms with Crippen LogP contribution in [-0.4, -0.2) is 42.9 Å². The molecule has 0 bridgehead atoms. The summed E-state index contributed by atoms with van der Waals surface area (Å²) in [6.45, 7) is 5.01. The topological polar surface area (TPSA) is 52.7 Å². The molecule has 154 valence electrons. The van der Waals surface area contributed by atoms with Crippen molar-refractivity contribution in [1.29, 1.82) is 0 Å². The standard InChI is InChI=1S/C24H24ClN3O2/c1-2-23(29)28-15-13-27(14-16-28)18-11-9-17(10-12-18)26-24(30)21-7-3-6-20-19(21)5-4-8-22(20)25/h3-12H,2,13-16H2,1H3,(H,26,30). The van der Waals surface area contributed by atoms with Gasteiger partial charge in [-0.1, -0.05) is 42.8 Å². The number of rotatable bonds is 4. The van der Waals surface area contributed by atoms with Crippen LogP contribution in [-0.2, 0) is 4.79 Å². The highest BCUT2D eigenvalue weighted by Gasteiger charge is 2.20. The molecule has 3 aromatic rings. The van der Waals surface area contributed by atoms with Gasteiger partial charge in [0.25, 0.3) is 5.91 Å². The molecule has 1 aliphatic heterocycles. The molecular weight excluding hydrogens is 398 g/mol. The first-order valence-electron chi connectivity index (χ1n) is 10.2. The van der Waals surface area contributed by atoms with E-state index in [-0.39, 0.29) is 11.8 Å². The number of carbonyl (C=O) groups is 2. The first-order valence-corrected chi connectivity index (χ1v) is 10.6. The second kappa shape index (κ2) is 8.76. The lowest BCUT2D eigenvalue weighted by atomic mass is 10.0. The molecule has 1 saturated heterocycles. The average molecular weight is 422 g/mol. The number of hydrogen-bond acceptors (Lipinski definition) is 3. The van der Waals surface area contributed by atoms with Crippen LogP contribution in [0.25, 0.3) is 10.8 Å². The van der Waals surface area contributed by atoms with Crippen LogP contribution >= 0.6 is 11.6 Å². The fourth-order valence-electron chi connectivity index (χ4n) is 3.86. The van der Waals surface area contributed by atoms with Crippen LogP contribution in [0.3, 0.4) is 0 Å². The molecule has 0 saturated carbocycles. The van der Waals surface area contributed by atoms with Gasteiger partial charge >= 0.3 is 0 Å². The predicted octanol–water partition coefficient (Wildman–Crippen LogP) is 4.80. The summed E-state index contributed by atoms with van der Waals surface area (Å²) < 4.78 is 0. The van der Waals surface area contributed by atoms with Gasteiger partial charge in [-0.25, -0.2) is 0 Å². The van der Waals surface area contributed by atoms with Gasteiger partial charge in [0.1, 0.15) is 0 Å². The molecule has 3 aromatic carbocycles. The summed E-state index contributed by atoms with van der Waals surface area (Å²) in [4.78, 5) is 28.9. The average Bonchev–Trinajstić information content (AvgIpc) is 2.79. The summed E-state index contributed by atoms with van der Waals surface area (Å²) in [5.74, 6) is 0.0461. The normalized spacial score (nSPS) is 14.1. The van der Waals surface area contributed by atoms with E-state index in [0.29, 0.717) is 17.0 Å². The largest absolute Gasteiger partial charge is 0.368 e. The van der Waals surface area contributed by atoms with E-state index in [1.807, 2.05) is 66.4 Å². The molecule has 30 heavy (non-hydrogen) atoms. The smallest absolute Gasteiger partial charge is 0.256 e. The van der Waals surface area contributed by atoms with Crippen molar-refractivity contribution in [2.24, 2.45) is 0 Å². The maximum Gasteiger partial charge on any atom is 0.256 e. The first kappa shape index (κ1) is 20.2. The number of carbonyl (C=O) groups excluding carboxylic acids is 2. The molecule has 1 N–H and O–H groups in total. The van der Waals surface area contributed by atoms with Gasteiger partial charge in [0.15, 0.2) is 0 Å². The minimum Gasteiger partial charge on any atom is -0.368 e. The van der Waals surface area contributed by atoms with E-state index in [0.717, 1.165) is 48.3 Å². The number of piperazine rings is 1. The van der Waals surface area contributed by atoms with E-state index < -0.39 is 0 Å². The zero-order valence-corrected chi connectivity index (χ0v) is 17.7. The molecular formula is C24H24ClN3O2. The predicted molar refractivity (Wildman–Crippen MR) is 122 cm³/mol. The summed E-state index contributed by atoms with van der Waals surface area (Å²) in [5, 5.41) is 5.30. The quantitative estimate of drug-likeness (QED) is 0.658. The Balaban J connectivity index is 1.44. The molecule has 4 rings (SSSR count). The number of nitrogens with zero attached hydrogens (tertiary/aromatic N) is 2. The third-order valence-corrected chi connectivity index (χ3v) is 5.87. The van der Waals surface area contributed by atoms with E-state index in [2.05, 4.69) is 10.2 Å². The number of nitrogens with one attached hydrogen (secondary N) is 1. The van der Waals surface area contributed by atoms with E-state index in [9.17, 15) is 9.59 Å². The summed E-state index contributed by atoms with van der Waals surface area (Å²) in [6.07, 6.45) is 0.553. The molecule has 5 nitrogen and oxygen atoms in total. The van der Waals surface area contributed by atoms with Crippen molar-refractivity contribution in [1.82, 2.24) is 4.90 Å². The molecule has 1 aliphatic rings. The second-order valence-electron chi connectivity index (χ2n) is 7.36. The Labute approximate surface area is 181 Å². The highest BCUT2D eigenvalue weighted by molar-refractivity contribution is 6.36. The summed E-state index contributed by atoms with van der Waals surface area (Å²) in [5.41, 5.74) is 2.42.